The third-order valence-electron chi connectivity index (χ3n) is 3.40. The van der Waals surface area contributed by atoms with Crippen molar-refractivity contribution in [3.63, 3.8) is 0 Å². The van der Waals surface area contributed by atoms with Gasteiger partial charge in [0.25, 0.3) is 0 Å². The fourth-order valence-electron chi connectivity index (χ4n) is 1.26. The highest BCUT2D eigenvalue weighted by Crippen LogP contribution is 2.37. The Balaban J connectivity index is 4.03. The topological polar surface area (TPSA) is 18.5 Å². The molecule has 0 bridgehead atoms. The van der Waals surface area contributed by atoms with E-state index in [1.165, 1.54) is 11.8 Å². The van der Waals surface area contributed by atoms with Crippen LogP contribution in [0.4, 0.5) is 0 Å². The summed E-state index contributed by atoms with van der Waals surface area (Å²) in [5.41, 5.74) is 0. The second kappa shape index (κ2) is 8.45. The van der Waals surface area contributed by atoms with Crippen molar-refractivity contribution in [1.82, 2.24) is 0 Å². The van der Waals surface area contributed by atoms with E-state index in [-0.39, 0.29) is 11.1 Å². The summed E-state index contributed by atoms with van der Waals surface area (Å²) < 4.78 is 12.2. The fraction of sp³-hybridized carbons (Fsp3) is 0.786. The second-order valence-electron chi connectivity index (χ2n) is 6.16. The van der Waals surface area contributed by atoms with Gasteiger partial charge in [0.05, 0.1) is 0 Å². The van der Waals surface area contributed by atoms with E-state index in [2.05, 4.69) is 46.9 Å². The lowest BCUT2D eigenvalue weighted by Crippen LogP contribution is -2.43. The first kappa shape index (κ1) is 19.2. The zero-order chi connectivity index (χ0) is 15.1. The van der Waals surface area contributed by atoms with Crippen LogP contribution in [0.3, 0.4) is 0 Å². The molecule has 0 fully saturated rings. The Hall–Kier alpha value is 0.157. The van der Waals surface area contributed by atoms with Gasteiger partial charge in [-0.1, -0.05) is 44.7 Å². The molecule has 0 amide bonds. The van der Waals surface area contributed by atoms with Crippen LogP contribution in [0, 0.1) is 0 Å². The molecular weight excluding hydrogens is 292 g/mol. The summed E-state index contributed by atoms with van der Waals surface area (Å²) in [6.07, 6.45) is 7.21. The van der Waals surface area contributed by atoms with Crippen molar-refractivity contribution in [2.24, 2.45) is 0 Å². The summed E-state index contributed by atoms with van der Waals surface area (Å²) in [5, 5.41) is 0.263. The van der Waals surface area contributed by atoms with Crippen LogP contribution in [0.15, 0.2) is 12.2 Å². The number of thiocarbonyl (C=S) groups is 1. The molecule has 0 heterocycles. The molecule has 0 aromatic heterocycles. The second-order valence-corrected chi connectivity index (χ2v) is 12.3. The minimum Gasteiger partial charge on any atom is -0.474 e. The summed E-state index contributed by atoms with van der Waals surface area (Å²) in [6, 6.07) is 0. The minimum absolute atomic E-state index is 0.254. The largest absolute Gasteiger partial charge is 0.474 e. The molecule has 0 aromatic carbocycles. The zero-order valence-corrected chi connectivity index (χ0v) is 15.9. The zero-order valence-electron chi connectivity index (χ0n) is 13.3. The predicted molar refractivity (Wildman–Crippen MR) is 93.6 cm³/mol. The van der Waals surface area contributed by atoms with Crippen molar-refractivity contribution < 1.29 is 9.16 Å². The van der Waals surface area contributed by atoms with E-state index in [4.69, 9.17) is 21.4 Å². The Labute approximate surface area is 129 Å². The van der Waals surface area contributed by atoms with Crippen molar-refractivity contribution >= 4 is 36.7 Å². The van der Waals surface area contributed by atoms with Crippen LogP contribution in [0.2, 0.25) is 18.1 Å². The first-order valence-corrected chi connectivity index (χ1v) is 11.2. The molecule has 112 valence electrons. The quantitative estimate of drug-likeness (QED) is 0.389. The maximum atomic E-state index is 6.27. The molecule has 0 unspecified atom stereocenters. The Morgan fingerprint density at radius 1 is 1.32 bits per heavy atom. The predicted octanol–water partition coefficient (Wildman–Crippen LogP) is 5.01. The van der Waals surface area contributed by atoms with Crippen LogP contribution in [-0.4, -0.2) is 31.7 Å². The maximum absolute atomic E-state index is 6.27. The molecule has 0 aliphatic heterocycles. The first-order chi connectivity index (χ1) is 8.60. The third-order valence-corrected chi connectivity index (χ3v) is 9.07. The summed E-state index contributed by atoms with van der Waals surface area (Å²) in [7, 11) is -1.65. The molecule has 5 heteroatoms. The van der Waals surface area contributed by atoms with Crippen LogP contribution >= 0.6 is 24.0 Å². The van der Waals surface area contributed by atoms with Gasteiger partial charge in [-0.15, -0.1) is 0 Å². The summed E-state index contributed by atoms with van der Waals surface area (Å²) in [5.74, 6) is 0. The summed E-state index contributed by atoms with van der Waals surface area (Å²) in [4.78, 5) is 0. The van der Waals surface area contributed by atoms with Gasteiger partial charge in [-0.2, -0.15) is 0 Å². The van der Waals surface area contributed by atoms with Gasteiger partial charge >= 0.3 is 0 Å². The van der Waals surface area contributed by atoms with Crippen LogP contribution in [0.5, 0.6) is 0 Å². The number of hydrogen-bond donors (Lipinski definition) is 0. The normalized spacial score (nSPS) is 14.7. The molecule has 1 atom stereocenters. The van der Waals surface area contributed by atoms with Crippen molar-refractivity contribution in [3.8, 4) is 0 Å². The van der Waals surface area contributed by atoms with Crippen LogP contribution < -0.4 is 0 Å². The Kier molecular flexibility index (Phi) is 8.51. The lowest BCUT2D eigenvalue weighted by atomic mass is 10.2. The number of thioether (sulfide) groups is 1. The van der Waals surface area contributed by atoms with Gasteiger partial charge in [-0.05, 0) is 50.0 Å². The van der Waals surface area contributed by atoms with Gasteiger partial charge in [-0.25, -0.2) is 0 Å². The monoisotopic (exact) mass is 320 g/mol. The Bertz CT molecular complexity index is 309. The van der Waals surface area contributed by atoms with Gasteiger partial charge in [0.15, 0.2) is 8.32 Å². The highest BCUT2D eigenvalue weighted by molar-refractivity contribution is 8.22. The first-order valence-electron chi connectivity index (χ1n) is 6.63. The van der Waals surface area contributed by atoms with E-state index in [1.54, 1.807) is 0 Å². The summed E-state index contributed by atoms with van der Waals surface area (Å²) >= 11 is 6.41. The van der Waals surface area contributed by atoms with Gasteiger partial charge in [0.2, 0.25) is 4.38 Å². The molecule has 0 rings (SSSR count). The molecule has 0 spiro atoms. The van der Waals surface area contributed by atoms with E-state index < -0.39 is 8.32 Å². The molecule has 0 aliphatic carbocycles. The van der Waals surface area contributed by atoms with E-state index in [9.17, 15) is 0 Å². The van der Waals surface area contributed by atoms with Crippen molar-refractivity contribution in [3.05, 3.63) is 12.2 Å². The highest BCUT2D eigenvalue weighted by Gasteiger charge is 2.38. The smallest absolute Gasteiger partial charge is 0.220 e. The van der Waals surface area contributed by atoms with Crippen LogP contribution in [-0.2, 0) is 9.16 Å². The van der Waals surface area contributed by atoms with E-state index in [0.29, 0.717) is 11.0 Å². The van der Waals surface area contributed by atoms with E-state index in [1.807, 2.05) is 12.3 Å². The van der Waals surface area contributed by atoms with Crippen molar-refractivity contribution in [1.29, 1.82) is 0 Å². The van der Waals surface area contributed by atoms with Gasteiger partial charge in [0.1, 0.15) is 6.61 Å². The lowest BCUT2D eigenvalue weighted by Gasteiger charge is -2.38. The van der Waals surface area contributed by atoms with E-state index in [0.717, 1.165) is 6.42 Å². The van der Waals surface area contributed by atoms with Crippen molar-refractivity contribution in [2.45, 2.75) is 58.4 Å². The summed E-state index contributed by atoms with van der Waals surface area (Å²) in [6.45, 7) is 14.0. The molecule has 0 radical (unpaired) electrons. The molecular formula is C14H28O2S2Si. The molecule has 0 saturated heterocycles. The molecule has 2 nitrogen and oxygen atoms in total. The lowest BCUT2D eigenvalue weighted by molar-refractivity contribution is 0.202. The Morgan fingerprint density at radius 3 is 2.37 bits per heavy atom. The molecule has 0 aromatic rings. The fourth-order valence-corrected chi connectivity index (χ4v) is 2.97. The average molecular weight is 321 g/mol. The number of ether oxygens (including phenoxy) is 1. The number of rotatable bonds is 6. The maximum Gasteiger partial charge on any atom is 0.220 e. The minimum atomic E-state index is -1.65. The van der Waals surface area contributed by atoms with E-state index >= 15 is 0 Å². The molecule has 19 heavy (non-hydrogen) atoms. The van der Waals surface area contributed by atoms with Crippen molar-refractivity contribution in [2.75, 3.05) is 12.9 Å². The van der Waals surface area contributed by atoms with Gasteiger partial charge < -0.3 is 9.16 Å². The van der Waals surface area contributed by atoms with Crippen LogP contribution in [0.1, 0.15) is 34.1 Å². The average Bonchev–Trinajstić information content (AvgIpc) is 2.25. The van der Waals surface area contributed by atoms with Gasteiger partial charge in [0, 0.05) is 6.10 Å². The van der Waals surface area contributed by atoms with Gasteiger partial charge in [-0.3, -0.25) is 0 Å². The SMILES string of the molecule is CSC(=S)OC/C=C/C[C@@H](C)O[Si](C)(C)C(C)(C)C. The highest BCUT2D eigenvalue weighted by atomic mass is 32.2. The molecule has 0 N–H and O–H groups in total. The van der Waals surface area contributed by atoms with Crippen LogP contribution in [0.25, 0.3) is 0 Å². The molecule has 0 aliphatic rings. The third kappa shape index (κ3) is 8.12. The number of hydrogen-bond acceptors (Lipinski definition) is 4. The molecule has 0 saturated carbocycles. The Morgan fingerprint density at radius 2 is 1.89 bits per heavy atom. The standard InChI is InChI=1S/C14H28O2S2Si/c1-12(16-19(6,7)14(2,3)4)10-8-9-11-15-13(17)18-5/h8-9,12H,10-11H2,1-7H3/b9-8+/t12-/m1/s1.